The van der Waals surface area contributed by atoms with E-state index in [0.29, 0.717) is 17.4 Å². The number of anilines is 2. The average molecular weight is 499 g/mol. The lowest BCUT2D eigenvalue weighted by atomic mass is 9.97. The SMILES string of the molecule is O=C(CN1CCCC(C(=O)Nc2ccc(Cl)cn2)C1)Nc1ccc(I)cc1. The van der Waals surface area contributed by atoms with E-state index in [2.05, 4.69) is 38.2 Å². The van der Waals surface area contributed by atoms with Gasteiger partial charge in [0.15, 0.2) is 0 Å². The van der Waals surface area contributed by atoms with Gasteiger partial charge in [-0.2, -0.15) is 0 Å². The molecule has 1 atom stereocenters. The van der Waals surface area contributed by atoms with E-state index in [9.17, 15) is 9.59 Å². The molecule has 0 bridgehead atoms. The summed E-state index contributed by atoms with van der Waals surface area (Å²) < 4.78 is 1.12. The lowest BCUT2D eigenvalue weighted by molar-refractivity contribution is -0.123. The second-order valence-corrected chi connectivity index (χ2v) is 8.16. The molecule has 2 heterocycles. The Morgan fingerprint density at radius 2 is 1.96 bits per heavy atom. The fourth-order valence-electron chi connectivity index (χ4n) is 3.03. The molecular weight excluding hydrogens is 479 g/mol. The van der Waals surface area contributed by atoms with Gasteiger partial charge in [-0.05, 0) is 78.4 Å². The normalized spacial score (nSPS) is 17.3. The largest absolute Gasteiger partial charge is 0.325 e. The van der Waals surface area contributed by atoms with Crippen molar-refractivity contribution >= 4 is 57.5 Å². The third-order valence-electron chi connectivity index (χ3n) is 4.35. The Balaban J connectivity index is 1.50. The fourth-order valence-corrected chi connectivity index (χ4v) is 3.50. The van der Waals surface area contributed by atoms with E-state index in [4.69, 9.17) is 11.6 Å². The first-order valence-electron chi connectivity index (χ1n) is 8.70. The first-order chi connectivity index (χ1) is 13.0. The summed E-state index contributed by atoms with van der Waals surface area (Å²) in [6, 6.07) is 11.0. The molecule has 1 saturated heterocycles. The fraction of sp³-hybridized carbons (Fsp3) is 0.316. The Morgan fingerprint density at radius 1 is 1.19 bits per heavy atom. The number of benzene rings is 1. The predicted molar refractivity (Wildman–Crippen MR) is 115 cm³/mol. The van der Waals surface area contributed by atoms with Crippen molar-refractivity contribution in [2.24, 2.45) is 5.92 Å². The van der Waals surface area contributed by atoms with Crippen molar-refractivity contribution in [1.82, 2.24) is 9.88 Å². The van der Waals surface area contributed by atoms with Gasteiger partial charge in [0, 0.05) is 22.0 Å². The van der Waals surface area contributed by atoms with Crippen molar-refractivity contribution in [3.05, 3.63) is 51.2 Å². The average Bonchev–Trinajstić information content (AvgIpc) is 2.65. The van der Waals surface area contributed by atoms with Crippen molar-refractivity contribution in [2.75, 3.05) is 30.3 Å². The highest BCUT2D eigenvalue weighted by atomic mass is 127. The number of halogens is 2. The molecule has 0 spiro atoms. The van der Waals surface area contributed by atoms with Gasteiger partial charge in [0.1, 0.15) is 5.82 Å². The number of likely N-dealkylation sites (tertiary alicyclic amines) is 1. The van der Waals surface area contributed by atoms with Gasteiger partial charge >= 0.3 is 0 Å². The quantitative estimate of drug-likeness (QED) is 0.618. The van der Waals surface area contributed by atoms with Crippen LogP contribution in [-0.2, 0) is 9.59 Å². The molecule has 1 unspecified atom stereocenters. The topological polar surface area (TPSA) is 74.3 Å². The Labute approximate surface area is 176 Å². The molecular formula is C19H20ClIN4O2. The zero-order chi connectivity index (χ0) is 19.2. The molecule has 2 N–H and O–H groups in total. The maximum Gasteiger partial charge on any atom is 0.238 e. The zero-order valence-electron chi connectivity index (χ0n) is 14.6. The minimum Gasteiger partial charge on any atom is -0.325 e. The van der Waals surface area contributed by atoms with E-state index < -0.39 is 0 Å². The van der Waals surface area contributed by atoms with E-state index in [-0.39, 0.29) is 24.3 Å². The van der Waals surface area contributed by atoms with Crippen molar-refractivity contribution in [3.8, 4) is 0 Å². The van der Waals surface area contributed by atoms with Crippen LogP contribution in [0.5, 0.6) is 0 Å². The van der Waals surface area contributed by atoms with Gasteiger partial charge in [0.05, 0.1) is 17.5 Å². The number of nitrogens with one attached hydrogen (secondary N) is 2. The highest BCUT2D eigenvalue weighted by Crippen LogP contribution is 2.19. The number of amides is 2. The van der Waals surface area contributed by atoms with Crippen LogP contribution in [0.2, 0.25) is 5.02 Å². The molecule has 1 aromatic carbocycles. The maximum absolute atomic E-state index is 12.5. The van der Waals surface area contributed by atoms with Gasteiger partial charge in [-0.3, -0.25) is 14.5 Å². The summed E-state index contributed by atoms with van der Waals surface area (Å²) in [5, 5.41) is 6.24. The molecule has 1 aromatic heterocycles. The van der Waals surface area contributed by atoms with E-state index in [0.717, 1.165) is 28.6 Å². The second-order valence-electron chi connectivity index (χ2n) is 6.48. The van der Waals surface area contributed by atoms with Gasteiger partial charge in [-0.1, -0.05) is 11.6 Å². The first kappa shape index (κ1) is 20.0. The zero-order valence-corrected chi connectivity index (χ0v) is 17.5. The van der Waals surface area contributed by atoms with Crippen LogP contribution in [-0.4, -0.2) is 41.3 Å². The summed E-state index contributed by atoms with van der Waals surface area (Å²) in [6.07, 6.45) is 3.18. The standard InChI is InChI=1S/C19H20ClIN4O2/c20-14-3-8-17(22-10-14)24-19(27)13-2-1-9-25(11-13)12-18(26)23-16-6-4-15(21)5-7-16/h3-8,10,13H,1-2,9,11-12H2,(H,23,26)(H,22,24,27). The van der Waals surface area contributed by atoms with E-state index >= 15 is 0 Å². The smallest absolute Gasteiger partial charge is 0.238 e. The molecule has 142 valence electrons. The van der Waals surface area contributed by atoms with Crippen molar-refractivity contribution < 1.29 is 9.59 Å². The van der Waals surface area contributed by atoms with E-state index in [1.165, 1.54) is 6.20 Å². The summed E-state index contributed by atoms with van der Waals surface area (Å²) in [4.78, 5) is 30.9. The lowest BCUT2D eigenvalue weighted by Gasteiger charge is -2.31. The summed E-state index contributed by atoms with van der Waals surface area (Å²) in [6.45, 7) is 1.64. The van der Waals surface area contributed by atoms with Crippen molar-refractivity contribution in [2.45, 2.75) is 12.8 Å². The van der Waals surface area contributed by atoms with Crippen LogP contribution >= 0.6 is 34.2 Å². The maximum atomic E-state index is 12.5. The van der Waals surface area contributed by atoms with Crippen LogP contribution in [0, 0.1) is 9.49 Å². The molecule has 1 aliphatic heterocycles. The first-order valence-corrected chi connectivity index (χ1v) is 10.2. The highest BCUT2D eigenvalue weighted by Gasteiger charge is 2.27. The van der Waals surface area contributed by atoms with Crippen LogP contribution in [0.25, 0.3) is 0 Å². The van der Waals surface area contributed by atoms with Crippen LogP contribution in [0.3, 0.4) is 0 Å². The van der Waals surface area contributed by atoms with Crippen molar-refractivity contribution in [3.63, 3.8) is 0 Å². The number of nitrogens with zero attached hydrogens (tertiary/aromatic N) is 2. The molecule has 27 heavy (non-hydrogen) atoms. The van der Waals surface area contributed by atoms with Gasteiger partial charge in [0.2, 0.25) is 11.8 Å². The van der Waals surface area contributed by atoms with Crippen molar-refractivity contribution in [1.29, 1.82) is 0 Å². The monoisotopic (exact) mass is 498 g/mol. The Bertz CT molecular complexity index is 798. The second kappa shape index (κ2) is 9.48. The van der Waals surface area contributed by atoms with Crippen LogP contribution in [0.15, 0.2) is 42.6 Å². The molecule has 2 amide bonds. The van der Waals surface area contributed by atoms with Crippen LogP contribution < -0.4 is 10.6 Å². The molecule has 0 radical (unpaired) electrons. The molecule has 8 heteroatoms. The summed E-state index contributed by atoms with van der Waals surface area (Å²) in [5.41, 5.74) is 0.778. The molecule has 6 nitrogen and oxygen atoms in total. The Kier molecular flexibility index (Phi) is 7.03. The molecule has 1 fully saturated rings. The predicted octanol–water partition coefficient (Wildman–Crippen LogP) is 3.63. The molecule has 1 aliphatic rings. The number of rotatable bonds is 5. The number of carbonyl (C=O) groups is 2. The van der Waals surface area contributed by atoms with E-state index in [1.807, 2.05) is 29.2 Å². The Hall–Kier alpha value is -1.71. The lowest BCUT2D eigenvalue weighted by Crippen LogP contribution is -2.44. The minimum atomic E-state index is -0.165. The van der Waals surface area contributed by atoms with Crippen LogP contribution in [0.4, 0.5) is 11.5 Å². The third kappa shape index (κ3) is 6.15. The number of aromatic nitrogens is 1. The molecule has 0 aliphatic carbocycles. The van der Waals surface area contributed by atoms with Gasteiger partial charge in [0.25, 0.3) is 0 Å². The summed E-state index contributed by atoms with van der Waals surface area (Å²) >= 11 is 8.03. The molecule has 3 rings (SSSR count). The van der Waals surface area contributed by atoms with Gasteiger partial charge < -0.3 is 10.6 Å². The third-order valence-corrected chi connectivity index (χ3v) is 5.29. The van der Waals surface area contributed by atoms with Gasteiger partial charge in [-0.15, -0.1) is 0 Å². The van der Waals surface area contributed by atoms with Gasteiger partial charge in [-0.25, -0.2) is 4.98 Å². The minimum absolute atomic E-state index is 0.0726. The molecule has 2 aromatic rings. The van der Waals surface area contributed by atoms with E-state index in [1.54, 1.807) is 12.1 Å². The number of pyridine rings is 1. The highest BCUT2D eigenvalue weighted by molar-refractivity contribution is 14.1. The Morgan fingerprint density at radius 3 is 2.67 bits per heavy atom. The van der Waals surface area contributed by atoms with Crippen LogP contribution in [0.1, 0.15) is 12.8 Å². The number of piperidine rings is 1. The number of hydrogen-bond donors (Lipinski definition) is 2. The number of carbonyl (C=O) groups excluding carboxylic acids is 2. The summed E-state index contributed by atoms with van der Waals surface area (Å²) in [7, 11) is 0. The summed E-state index contributed by atoms with van der Waals surface area (Å²) in [5.74, 6) is 0.171. The number of hydrogen-bond acceptors (Lipinski definition) is 4. The molecule has 0 saturated carbocycles.